The molecule has 23 heavy (non-hydrogen) atoms. The second kappa shape index (κ2) is 6.87. The molecule has 0 atom stereocenters. The zero-order valence-corrected chi connectivity index (χ0v) is 13.4. The SMILES string of the molecule is C=CC(=O)Nc1ccc(C(=O)N(C)Cc2nnc(C)n2C)cc1. The summed E-state index contributed by atoms with van der Waals surface area (Å²) in [4.78, 5) is 25.2. The van der Waals surface area contributed by atoms with E-state index in [1.54, 1.807) is 36.2 Å². The molecular formula is C16H19N5O2. The third-order valence-electron chi connectivity index (χ3n) is 3.49. The topological polar surface area (TPSA) is 80.1 Å². The molecule has 1 aromatic heterocycles. The molecule has 2 rings (SSSR count). The Bertz CT molecular complexity index is 733. The smallest absolute Gasteiger partial charge is 0.254 e. The monoisotopic (exact) mass is 313 g/mol. The fraction of sp³-hybridized carbons (Fsp3) is 0.250. The Balaban J connectivity index is 2.06. The number of hydrogen-bond acceptors (Lipinski definition) is 4. The molecule has 7 heteroatoms. The van der Waals surface area contributed by atoms with Crippen LogP contribution in [0.5, 0.6) is 0 Å². The maximum Gasteiger partial charge on any atom is 0.254 e. The van der Waals surface area contributed by atoms with Crippen LogP contribution in [0.1, 0.15) is 22.0 Å². The molecule has 0 saturated carbocycles. The predicted molar refractivity (Wildman–Crippen MR) is 86.8 cm³/mol. The Morgan fingerprint density at radius 2 is 1.96 bits per heavy atom. The van der Waals surface area contributed by atoms with E-state index in [0.29, 0.717) is 23.6 Å². The minimum Gasteiger partial charge on any atom is -0.334 e. The number of aromatic nitrogens is 3. The molecule has 2 aromatic rings. The van der Waals surface area contributed by atoms with Crippen molar-refractivity contribution in [1.82, 2.24) is 19.7 Å². The van der Waals surface area contributed by atoms with E-state index in [2.05, 4.69) is 22.1 Å². The van der Waals surface area contributed by atoms with Gasteiger partial charge in [0, 0.05) is 25.3 Å². The van der Waals surface area contributed by atoms with Gasteiger partial charge in [0.2, 0.25) is 5.91 Å². The van der Waals surface area contributed by atoms with Crippen LogP contribution in [0.3, 0.4) is 0 Å². The van der Waals surface area contributed by atoms with E-state index in [-0.39, 0.29) is 11.8 Å². The van der Waals surface area contributed by atoms with Crippen LogP contribution in [0, 0.1) is 6.92 Å². The molecule has 0 radical (unpaired) electrons. The molecule has 0 unspecified atom stereocenters. The lowest BCUT2D eigenvalue weighted by atomic mass is 10.2. The van der Waals surface area contributed by atoms with E-state index < -0.39 is 0 Å². The Morgan fingerprint density at radius 1 is 1.30 bits per heavy atom. The quantitative estimate of drug-likeness (QED) is 0.849. The van der Waals surface area contributed by atoms with Crippen molar-refractivity contribution in [2.75, 3.05) is 12.4 Å². The minimum absolute atomic E-state index is 0.132. The summed E-state index contributed by atoms with van der Waals surface area (Å²) in [6, 6.07) is 6.68. The van der Waals surface area contributed by atoms with Crippen molar-refractivity contribution >= 4 is 17.5 Å². The predicted octanol–water partition coefficient (Wildman–Crippen LogP) is 1.52. The van der Waals surface area contributed by atoms with Gasteiger partial charge in [0.1, 0.15) is 5.82 Å². The molecular weight excluding hydrogens is 294 g/mol. The Kier molecular flexibility index (Phi) is 4.90. The number of nitrogens with one attached hydrogen (secondary N) is 1. The van der Waals surface area contributed by atoms with E-state index >= 15 is 0 Å². The van der Waals surface area contributed by atoms with E-state index in [4.69, 9.17) is 0 Å². The fourth-order valence-electron chi connectivity index (χ4n) is 1.98. The summed E-state index contributed by atoms with van der Waals surface area (Å²) in [5.74, 6) is 1.09. The second-order valence-corrected chi connectivity index (χ2v) is 5.15. The summed E-state index contributed by atoms with van der Waals surface area (Å²) >= 11 is 0. The Labute approximate surface area is 134 Å². The first-order chi connectivity index (χ1) is 10.9. The van der Waals surface area contributed by atoms with E-state index in [1.807, 2.05) is 18.5 Å². The number of rotatable bonds is 5. The first-order valence-corrected chi connectivity index (χ1v) is 7.06. The molecule has 0 aliphatic carbocycles. The summed E-state index contributed by atoms with van der Waals surface area (Å²) < 4.78 is 1.84. The van der Waals surface area contributed by atoms with Gasteiger partial charge in [0.15, 0.2) is 5.82 Å². The van der Waals surface area contributed by atoms with Gasteiger partial charge in [-0.25, -0.2) is 0 Å². The van der Waals surface area contributed by atoms with Crippen LogP contribution in [0.15, 0.2) is 36.9 Å². The molecule has 2 amide bonds. The van der Waals surface area contributed by atoms with Gasteiger partial charge in [-0.05, 0) is 37.3 Å². The van der Waals surface area contributed by atoms with Gasteiger partial charge < -0.3 is 14.8 Å². The largest absolute Gasteiger partial charge is 0.334 e. The zero-order valence-electron chi connectivity index (χ0n) is 13.4. The maximum atomic E-state index is 12.4. The average molecular weight is 313 g/mol. The van der Waals surface area contributed by atoms with Crippen LogP contribution in [0.25, 0.3) is 0 Å². The highest BCUT2D eigenvalue weighted by Gasteiger charge is 2.15. The van der Waals surface area contributed by atoms with Crippen molar-refractivity contribution in [2.45, 2.75) is 13.5 Å². The zero-order chi connectivity index (χ0) is 17.0. The van der Waals surface area contributed by atoms with Gasteiger partial charge in [-0.15, -0.1) is 10.2 Å². The van der Waals surface area contributed by atoms with Crippen molar-refractivity contribution in [3.63, 3.8) is 0 Å². The van der Waals surface area contributed by atoms with E-state index in [9.17, 15) is 9.59 Å². The van der Waals surface area contributed by atoms with Crippen molar-refractivity contribution in [3.05, 3.63) is 54.1 Å². The molecule has 7 nitrogen and oxygen atoms in total. The summed E-state index contributed by atoms with van der Waals surface area (Å²) in [7, 11) is 3.57. The summed E-state index contributed by atoms with van der Waals surface area (Å²) in [5, 5.41) is 10.7. The molecule has 120 valence electrons. The van der Waals surface area contributed by atoms with E-state index in [1.165, 1.54) is 6.08 Å². The van der Waals surface area contributed by atoms with Gasteiger partial charge in [0.05, 0.1) is 6.54 Å². The first-order valence-electron chi connectivity index (χ1n) is 7.06. The van der Waals surface area contributed by atoms with Crippen LogP contribution in [-0.4, -0.2) is 38.5 Å². The van der Waals surface area contributed by atoms with Gasteiger partial charge in [-0.3, -0.25) is 9.59 Å². The highest BCUT2D eigenvalue weighted by molar-refractivity contribution is 5.99. The number of anilines is 1. The number of amides is 2. The molecule has 0 saturated heterocycles. The number of carbonyl (C=O) groups is 2. The van der Waals surface area contributed by atoms with Gasteiger partial charge in [-0.1, -0.05) is 6.58 Å². The molecule has 1 aromatic carbocycles. The lowest BCUT2D eigenvalue weighted by Gasteiger charge is -2.17. The molecule has 0 spiro atoms. The van der Waals surface area contributed by atoms with Gasteiger partial charge in [-0.2, -0.15) is 0 Å². The highest BCUT2D eigenvalue weighted by Crippen LogP contribution is 2.12. The third-order valence-corrected chi connectivity index (χ3v) is 3.49. The van der Waals surface area contributed by atoms with Crippen LogP contribution in [0.2, 0.25) is 0 Å². The number of hydrogen-bond donors (Lipinski definition) is 1. The molecule has 0 fully saturated rings. The van der Waals surface area contributed by atoms with Crippen molar-refractivity contribution < 1.29 is 9.59 Å². The van der Waals surface area contributed by atoms with Crippen LogP contribution < -0.4 is 5.32 Å². The van der Waals surface area contributed by atoms with Crippen LogP contribution in [-0.2, 0) is 18.4 Å². The molecule has 0 bridgehead atoms. The molecule has 0 aliphatic rings. The number of aryl methyl sites for hydroxylation is 1. The third kappa shape index (κ3) is 3.82. The normalized spacial score (nSPS) is 10.2. The average Bonchev–Trinajstić information content (AvgIpc) is 2.86. The lowest BCUT2D eigenvalue weighted by Crippen LogP contribution is -2.27. The van der Waals surface area contributed by atoms with Crippen molar-refractivity contribution in [2.24, 2.45) is 7.05 Å². The van der Waals surface area contributed by atoms with Crippen LogP contribution >= 0.6 is 0 Å². The maximum absolute atomic E-state index is 12.4. The number of benzene rings is 1. The standard InChI is InChI=1S/C16H19N5O2/c1-5-15(22)17-13-8-6-12(7-9-13)16(23)20(3)10-14-19-18-11(2)21(14)4/h5-9H,1,10H2,2-4H3,(H,17,22). The van der Waals surface area contributed by atoms with Gasteiger partial charge >= 0.3 is 0 Å². The van der Waals surface area contributed by atoms with E-state index in [0.717, 1.165) is 5.82 Å². The number of carbonyl (C=O) groups excluding carboxylic acids is 2. The summed E-state index contributed by atoms with van der Waals surface area (Å²) in [6.45, 7) is 5.61. The molecule has 0 aliphatic heterocycles. The Morgan fingerprint density at radius 3 is 2.48 bits per heavy atom. The summed E-state index contributed by atoms with van der Waals surface area (Å²) in [5.41, 5.74) is 1.14. The minimum atomic E-state index is -0.293. The lowest BCUT2D eigenvalue weighted by molar-refractivity contribution is -0.111. The Hall–Kier alpha value is -2.96. The van der Waals surface area contributed by atoms with Crippen LogP contribution in [0.4, 0.5) is 5.69 Å². The second-order valence-electron chi connectivity index (χ2n) is 5.15. The fourth-order valence-corrected chi connectivity index (χ4v) is 1.98. The first kappa shape index (κ1) is 16.4. The molecule has 1 heterocycles. The van der Waals surface area contributed by atoms with Gasteiger partial charge in [0.25, 0.3) is 5.91 Å². The molecule has 1 N–H and O–H groups in total. The van der Waals surface area contributed by atoms with Crippen molar-refractivity contribution in [3.8, 4) is 0 Å². The number of nitrogens with zero attached hydrogens (tertiary/aromatic N) is 4. The summed E-state index contributed by atoms with van der Waals surface area (Å²) in [6.07, 6.45) is 1.19. The van der Waals surface area contributed by atoms with Crippen molar-refractivity contribution in [1.29, 1.82) is 0 Å². The highest BCUT2D eigenvalue weighted by atomic mass is 16.2.